The van der Waals surface area contributed by atoms with Crippen LogP contribution in [0.2, 0.25) is 0 Å². The Bertz CT molecular complexity index is 826. The van der Waals surface area contributed by atoms with Gasteiger partial charge in [0.15, 0.2) is 5.17 Å². The second kappa shape index (κ2) is 9.66. The van der Waals surface area contributed by atoms with Crippen LogP contribution in [0.15, 0.2) is 45.4 Å². The molecule has 0 radical (unpaired) electrons. The number of amidine groups is 1. The number of rotatable bonds is 5. The number of piperidine rings is 1. The molecule has 0 saturated carbocycles. The molecule has 2 aliphatic heterocycles. The maximum Gasteiger partial charge on any atom is 0.331 e. The molecule has 0 unspecified atom stereocenters. The van der Waals surface area contributed by atoms with Crippen LogP contribution < -0.4 is 5.32 Å². The van der Waals surface area contributed by atoms with Gasteiger partial charge in [0, 0.05) is 12.6 Å². The number of hydrogen-bond acceptors (Lipinski definition) is 7. The summed E-state index contributed by atoms with van der Waals surface area (Å²) in [6, 6.07) is 8.12. The number of amides is 1. The van der Waals surface area contributed by atoms with Gasteiger partial charge in [-0.2, -0.15) is 5.10 Å². The molecule has 0 bridgehead atoms. The molecule has 3 rings (SSSR count). The van der Waals surface area contributed by atoms with E-state index in [1.54, 1.807) is 6.21 Å². The molecular formula is C20H24N4O3S. The summed E-state index contributed by atoms with van der Waals surface area (Å²) >= 11 is 1.06. The molecular weight excluding hydrogens is 376 g/mol. The highest BCUT2D eigenvalue weighted by atomic mass is 32.2. The second-order valence-corrected chi connectivity index (χ2v) is 7.93. The normalized spacial score (nSPS) is 21.6. The molecule has 1 N–H and O–H groups in total. The molecule has 0 aromatic heterocycles. The van der Waals surface area contributed by atoms with Crippen LogP contribution in [-0.4, -0.2) is 48.4 Å². The standard InChI is InChI=1S/C20H24N4O3S/c1-14-7-9-24(10-8-14)13-16-6-4-3-5-15(16)12-21-23-20-22-19(26)17(28-20)11-18(25)27-2/h3-6,11-12,14H,7-10,13H2,1-2H3,(H,22,23,26)/b17-11+,21-12?. The molecule has 2 fully saturated rings. The fourth-order valence-electron chi connectivity index (χ4n) is 3.05. The van der Waals surface area contributed by atoms with Gasteiger partial charge in [-0.05, 0) is 54.7 Å². The number of likely N-dealkylation sites (tertiary alicyclic amines) is 1. The molecule has 28 heavy (non-hydrogen) atoms. The fraction of sp³-hybridized carbons (Fsp3) is 0.400. The third kappa shape index (κ3) is 5.53. The third-order valence-electron chi connectivity index (χ3n) is 4.77. The number of esters is 1. The molecule has 0 spiro atoms. The molecule has 7 nitrogen and oxygen atoms in total. The smallest absolute Gasteiger partial charge is 0.331 e. The topological polar surface area (TPSA) is 83.4 Å². The SMILES string of the molecule is COC(=O)/C=C1/S/C(=N\N=Cc2ccccc2CN2CCC(C)CC2)NC1=O. The van der Waals surface area contributed by atoms with Gasteiger partial charge in [-0.15, -0.1) is 5.10 Å². The van der Waals surface area contributed by atoms with E-state index in [2.05, 4.69) is 38.1 Å². The van der Waals surface area contributed by atoms with E-state index in [9.17, 15) is 9.59 Å². The van der Waals surface area contributed by atoms with Crippen molar-refractivity contribution in [3.05, 3.63) is 46.4 Å². The summed E-state index contributed by atoms with van der Waals surface area (Å²) in [6.45, 7) is 5.44. The minimum atomic E-state index is -0.580. The Hall–Kier alpha value is -2.45. The van der Waals surface area contributed by atoms with Crippen LogP contribution in [0.3, 0.4) is 0 Å². The molecule has 0 aliphatic carbocycles. The Morgan fingerprint density at radius 3 is 2.86 bits per heavy atom. The first-order valence-corrected chi connectivity index (χ1v) is 10.1. The summed E-state index contributed by atoms with van der Waals surface area (Å²) in [7, 11) is 1.26. The fourth-order valence-corrected chi connectivity index (χ4v) is 3.79. The van der Waals surface area contributed by atoms with Crippen molar-refractivity contribution in [2.45, 2.75) is 26.3 Å². The maximum atomic E-state index is 11.8. The number of benzene rings is 1. The van der Waals surface area contributed by atoms with Crippen LogP contribution in [0.25, 0.3) is 0 Å². The van der Waals surface area contributed by atoms with Crippen LogP contribution in [0.5, 0.6) is 0 Å². The predicted octanol–water partition coefficient (Wildman–Crippen LogP) is 2.53. The summed E-state index contributed by atoms with van der Waals surface area (Å²) in [6.07, 6.45) is 5.31. The summed E-state index contributed by atoms with van der Waals surface area (Å²) in [5, 5.41) is 11.1. The number of thioether (sulfide) groups is 1. The van der Waals surface area contributed by atoms with Crippen molar-refractivity contribution in [3.63, 3.8) is 0 Å². The Balaban J connectivity index is 1.65. The lowest BCUT2D eigenvalue weighted by molar-refractivity contribution is -0.135. The van der Waals surface area contributed by atoms with Gasteiger partial charge in [0.25, 0.3) is 5.91 Å². The monoisotopic (exact) mass is 400 g/mol. The van der Waals surface area contributed by atoms with Crippen molar-refractivity contribution >= 4 is 35.0 Å². The minimum absolute atomic E-state index is 0.237. The van der Waals surface area contributed by atoms with Gasteiger partial charge in [0.2, 0.25) is 0 Å². The summed E-state index contributed by atoms with van der Waals surface area (Å²) in [5.41, 5.74) is 2.21. The molecule has 1 aromatic carbocycles. The second-order valence-electron chi connectivity index (χ2n) is 6.90. The first-order chi connectivity index (χ1) is 13.5. The molecule has 2 saturated heterocycles. The Labute approximate surface area is 168 Å². The summed E-state index contributed by atoms with van der Waals surface area (Å²) in [4.78, 5) is 25.8. The van der Waals surface area contributed by atoms with Crippen LogP contribution in [0.4, 0.5) is 0 Å². The number of hydrogen-bond donors (Lipinski definition) is 1. The van der Waals surface area contributed by atoms with Gasteiger partial charge in [0.05, 0.1) is 18.2 Å². The lowest BCUT2D eigenvalue weighted by atomic mass is 9.98. The number of nitrogens with zero attached hydrogens (tertiary/aromatic N) is 3. The number of ether oxygens (including phenoxy) is 1. The molecule has 2 aliphatic rings. The molecule has 0 atom stereocenters. The predicted molar refractivity (Wildman–Crippen MR) is 111 cm³/mol. The first-order valence-electron chi connectivity index (χ1n) is 9.25. The average molecular weight is 401 g/mol. The van der Waals surface area contributed by atoms with Gasteiger partial charge in [-0.25, -0.2) is 4.79 Å². The van der Waals surface area contributed by atoms with Crippen LogP contribution in [0, 0.1) is 5.92 Å². The van der Waals surface area contributed by atoms with E-state index >= 15 is 0 Å². The Kier molecular flexibility index (Phi) is 7.00. The van der Waals surface area contributed by atoms with Gasteiger partial charge in [0.1, 0.15) is 0 Å². The van der Waals surface area contributed by atoms with E-state index in [0.29, 0.717) is 5.17 Å². The molecule has 2 heterocycles. The highest BCUT2D eigenvalue weighted by Gasteiger charge is 2.25. The maximum absolute atomic E-state index is 11.8. The molecule has 8 heteroatoms. The van der Waals surface area contributed by atoms with E-state index in [-0.39, 0.29) is 10.8 Å². The Morgan fingerprint density at radius 1 is 1.36 bits per heavy atom. The van der Waals surface area contributed by atoms with Crippen LogP contribution >= 0.6 is 11.8 Å². The number of nitrogens with one attached hydrogen (secondary N) is 1. The van der Waals surface area contributed by atoms with Crippen LogP contribution in [-0.2, 0) is 20.9 Å². The van der Waals surface area contributed by atoms with Crippen molar-refractivity contribution in [1.29, 1.82) is 0 Å². The van der Waals surface area contributed by atoms with Gasteiger partial charge < -0.3 is 4.74 Å². The van der Waals surface area contributed by atoms with Crippen molar-refractivity contribution in [3.8, 4) is 0 Å². The van der Waals surface area contributed by atoms with E-state index in [4.69, 9.17) is 0 Å². The van der Waals surface area contributed by atoms with Gasteiger partial charge >= 0.3 is 5.97 Å². The number of methoxy groups -OCH3 is 1. The average Bonchev–Trinajstić information content (AvgIpc) is 3.04. The first kappa shape index (κ1) is 20.3. The quantitative estimate of drug-likeness (QED) is 0.355. The van der Waals surface area contributed by atoms with E-state index in [1.165, 1.54) is 25.5 Å². The zero-order valence-corrected chi connectivity index (χ0v) is 16.9. The highest BCUT2D eigenvalue weighted by Crippen LogP contribution is 2.23. The van der Waals surface area contributed by atoms with E-state index in [1.807, 2.05) is 18.2 Å². The van der Waals surface area contributed by atoms with Gasteiger partial charge in [-0.1, -0.05) is 31.2 Å². The molecule has 1 amide bonds. The third-order valence-corrected chi connectivity index (χ3v) is 5.67. The van der Waals surface area contributed by atoms with E-state index < -0.39 is 5.97 Å². The molecule has 148 valence electrons. The van der Waals surface area contributed by atoms with Crippen molar-refractivity contribution < 1.29 is 14.3 Å². The van der Waals surface area contributed by atoms with Crippen molar-refractivity contribution in [2.24, 2.45) is 16.1 Å². The van der Waals surface area contributed by atoms with Gasteiger partial charge in [-0.3, -0.25) is 15.0 Å². The largest absolute Gasteiger partial charge is 0.466 e. The number of carbonyl (C=O) groups is 2. The van der Waals surface area contributed by atoms with E-state index in [0.717, 1.165) is 49.0 Å². The zero-order valence-electron chi connectivity index (χ0n) is 16.1. The van der Waals surface area contributed by atoms with Crippen LogP contribution in [0.1, 0.15) is 30.9 Å². The Morgan fingerprint density at radius 2 is 2.11 bits per heavy atom. The van der Waals surface area contributed by atoms with Crippen molar-refractivity contribution in [1.82, 2.24) is 10.2 Å². The number of carbonyl (C=O) groups excluding carboxylic acids is 2. The lowest BCUT2D eigenvalue weighted by Crippen LogP contribution is -2.32. The summed E-state index contributed by atoms with van der Waals surface area (Å²) < 4.78 is 4.53. The van der Waals surface area contributed by atoms with Crippen molar-refractivity contribution in [2.75, 3.05) is 20.2 Å². The summed E-state index contributed by atoms with van der Waals surface area (Å²) in [5.74, 6) is -0.159. The highest BCUT2D eigenvalue weighted by molar-refractivity contribution is 8.18. The lowest BCUT2D eigenvalue weighted by Gasteiger charge is -2.30. The molecule has 1 aromatic rings. The zero-order chi connectivity index (χ0) is 19.9. The minimum Gasteiger partial charge on any atom is -0.466 e.